The Bertz CT molecular complexity index is 753. The first-order valence-electron chi connectivity index (χ1n) is 7.86. The van der Waals surface area contributed by atoms with Crippen molar-refractivity contribution in [3.63, 3.8) is 0 Å². The first-order valence-corrected chi connectivity index (χ1v) is 8.74. The molecule has 2 atom stereocenters. The summed E-state index contributed by atoms with van der Waals surface area (Å²) in [5.41, 5.74) is 0.332. The minimum Gasteiger partial charge on any atom is -0.480 e. The molecule has 1 aliphatic rings. The Morgan fingerprint density at radius 1 is 1.36 bits per heavy atom. The zero-order valence-electron chi connectivity index (χ0n) is 13.3. The van der Waals surface area contributed by atoms with Crippen molar-refractivity contribution in [3.05, 3.63) is 52.5 Å². The van der Waals surface area contributed by atoms with Crippen molar-refractivity contribution in [1.29, 1.82) is 0 Å². The second-order valence-electron chi connectivity index (χ2n) is 5.77. The number of halogens is 1. The summed E-state index contributed by atoms with van der Waals surface area (Å²) in [6.07, 6.45) is 0.541. The number of amides is 2. The number of anilines is 1. The van der Waals surface area contributed by atoms with Gasteiger partial charge in [0.1, 0.15) is 11.9 Å². The van der Waals surface area contributed by atoms with Crippen LogP contribution in [0.25, 0.3) is 0 Å². The average molecular weight is 363 g/mol. The van der Waals surface area contributed by atoms with Crippen LogP contribution in [-0.4, -0.2) is 40.6 Å². The molecule has 0 radical (unpaired) electrons. The van der Waals surface area contributed by atoms with Crippen LogP contribution >= 0.6 is 11.3 Å². The van der Waals surface area contributed by atoms with Gasteiger partial charge in [0.05, 0.1) is 12.6 Å². The van der Waals surface area contributed by atoms with Crippen LogP contribution in [0.3, 0.4) is 0 Å². The first-order chi connectivity index (χ1) is 12.0. The predicted molar refractivity (Wildman–Crippen MR) is 93.1 cm³/mol. The van der Waals surface area contributed by atoms with Crippen LogP contribution in [-0.2, 0) is 11.3 Å². The fraction of sp³-hybridized carbons (Fsp3) is 0.294. The summed E-state index contributed by atoms with van der Waals surface area (Å²) in [5.74, 6) is -1.44. The van der Waals surface area contributed by atoms with Crippen molar-refractivity contribution >= 4 is 29.0 Å². The molecule has 0 saturated carbocycles. The van der Waals surface area contributed by atoms with Crippen LogP contribution in [0.4, 0.5) is 14.9 Å². The SMILES string of the molecule is O=C(O)[C@H]1NCC[C@@H]1N(Cc1cccs1)C(=O)Nc1cccc(F)c1. The van der Waals surface area contributed by atoms with Crippen molar-refractivity contribution in [1.82, 2.24) is 10.2 Å². The highest BCUT2D eigenvalue weighted by Crippen LogP contribution is 2.22. The minimum absolute atomic E-state index is 0.301. The molecule has 1 saturated heterocycles. The van der Waals surface area contributed by atoms with Crippen LogP contribution in [0.1, 0.15) is 11.3 Å². The number of nitrogens with one attached hydrogen (secondary N) is 2. The molecule has 6 nitrogen and oxygen atoms in total. The maximum atomic E-state index is 13.3. The number of carboxylic acid groups (broad SMARTS) is 1. The maximum absolute atomic E-state index is 13.3. The third kappa shape index (κ3) is 4.15. The molecule has 2 amide bonds. The smallest absolute Gasteiger partial charge is 0.322 e. The van der Waals surface area contributed by atoms with Gasteiger partial charge in [0.15, 0.2) is 0 Å². The summed E-state index contributed by atoms with van der Waals surface area (Å²) in [4.78, 5) is 26.7. The van der Waals surface area contributed by atoms with E-state index in [0.29, 0.717) is 25.2 Å². The second kappa shape index (κ2) is 7.62. The number of rotatable bonds is 5. The van der Waals surface area contributed by atoms with Crippen molar-refractivity contribution in [2.45, 2.75) is 25.0 Å². The number of hydrogen-bond acceptors (Lipinski definition) is 4. The molecule has 1 fully saturated rings. The fourth-order valence-electron chi connectivity index (χ4n) is 2.95. The Kier molecular flexibility index (Phi) is 5.30. The molecular formula is C17H18FN3O3S. The third-order valence-corrected chi connectivity index (χ3v) is 4.96. The van der Waals surface area contributed by atoms with Crippen molar-refractivity contribution in [2.75, 3.05) is 11.9 Å². The number of carbonyl (C=O) groups is 2. The van der Waals surface area contributed by atoms with Gasteiger partial charge in [0.2, 0.25) is 0 Å². The molecule has 1 aliphatic heterocycles. The highest BCUT2D eigenvalue weighted by atomic mass is 32.1. The van der Waals surface area contributed by atoms with Crippen LogP contribution in [0.15, 0.2) is 41.8 Å². The van der Waals surface area contributed by atoms with E-state index in [0.717, 1.165) is 4.88 Å². The number of thiophene rings is 1. The number of carbonyl (C=O) groups excluding carboxylic acids is 1. The quantitative estimate of drug-likeness (QED) is 0.763. The van der Waals surface area contributed by atoms with E-state index in [-0.39, 0.29) is 0 Å². The lowest BCUT2D eigenvalue weighted by atomic mass is 10.1. The Morgan fingerprint density at radius 3 is 2.88 bits per heavy atom. The lowest BCUT2D eigenvalue weighted by Crippen LogP contribution is -2.51. The van der Waals surface area contributed by atoms with Crippen molar-refractivity contribution in [3.8, 4) is 0 Å². The van der Waals surface area contributed by atoms with E-state index < -0.39 is 29.9 Å². The van der Waals surface area contributed by atoms with E-state index in [4.69, 9.17) is 0 Å². The molecule has 0 bridgehead atoms. The number of urea groups is 1. The number of benzene rings is 1. The fourth-order valence-corrected chi connectivity index (χ4v) is 3.65. The van der Waals surface area contributed by atoms with E-state index in [1.165, 1.54) is 34.4 Å². The normalized spacial score (nSPS) is 19.6. The Hall–Kier alpha value is -2.45. The monoisotopic (exact) mass is 363 g/mol. The minimum atomic E-state index is -0.989. The largest absolute Gasteiger partial charge is 0.480 e. The van der Waals surface area contributed by atoms with Gasteiger partial charge in [-0.25, -0.2) is 9.18 Å². The van der Waals surface area contributed by atoms with Gasteiger partial charge in [-0.1, -0.05) is 12.1 Å². The molecule has 8 heteroatoms. The number of nitrogens with zero attached hydrogens (tertiary/aromatic N) is 1. The van der Waals surface area contributed by atoms with Gasteiger partial charge < -0.3 is 20.6 Å². The van der Waals surface area contributed by atoms with Crippen molar-refractivity contribution < 1.29 is 19.1 Å². The molecule has 1 aromatic heterocycles. The second-order valence-corrected chi connectivity index (χ2v) is 6.81. The topological polar surface area (TPSA) is 81.7 Å². The lowest BCUT2D eigenvalue weighted by Gasteiger charge is -2.31. The zero-order chi connectivity index (χ0) is 17.8. The molecule has 132 valence electrons. The molecular weight excluding hydrogens is 345 g/mol. The number of aliphatic carboxylic acids is 1. The van der Waals surface area contributed by atoms with E-state index in [2.05, 4.69) is 10.6 Å². The summed E-state index contributed by atoms with van der Waals surface area (Å²) in [5, 5.41) is 16.9. The highest BCUT2D eigenvalue weighted by molar-refractivity contribution is 7.09. The molecule has 3 rings (SSSR count). The standard InChI is InChI=1S/C17H18FN3O3S/c18-11-3-1-4-12(9-11)20-17(24)21(10-13-5-2-8-25-13)14-6-7-19-15(14)16(22)23/h1-5,8-9,14-15,19H,6-7,10H2,(H,20,24)(H,22,23)/t14-,15-/m0/s1. The molecule has 3 N–H and O–H groups in total. The van der Waals surface area contributed by atoms with E-state index in [9.17, 15) is 19.1 Å². The highest BCUT2D eigenvalue weighted by Gasteiger charge is 2.39. The zero-order valence-corrected chi connectivity index (χ0v) is 14.1. The summed E-state index contributed by atoms with van der Waals surface area (Å²) >= 11 is 1.50. The summed E-state index contributed by atoms with van der Waals surface area (Å²) in [6, 6.07) is 7.64. The summed E-state index contributed by atoms with van der Waals surface area (Å²) in [7, 11) is 0. The van der Waals surface area contributed by atoms with E-state index in [1.54, 1.807) is 6.07 Å². The summed E-state index contributed by atoms with van der Waals surface area (Å²) < 4.78 is 13.3. The van der Waals surface area contributed by atoms with Gasteiger partial charge in [-0.15, -0.1) is 11.3 Å². The Morgan fingerprint density at radius 2 is 2.20 bits per heavy atom. The predicted octanol–water partition coefficient (Wildman–Crippen LogP) is 2.74. The molecule has 0 unspecified atom stereocenters. The number of carboxylic acids is 1. The lowest BCUT2D eigenvalue weighted by molar-refractivity contribution is -0.140. The van der Waals surface area contributed by atoms with Gasteiger partial charge >= 0.3 is 12.0 Å². The van der Waals surface area contributed by atoms with Gasteiger partial charge in [-0.05, 0) is 42.6 Å². The van der Waals surface area contributed by atoms with Gasteiger partial charge in [-0.3, -0.25) is 4.79 Å². The van der Waals surface area contributed by atoms with Gasteiger partial charge in [0.25, 0.3) is 0 Å². The van der Waals surface area contributed by atoms with Crippen LogP contribution in [0.2, 0.25) is 0 Å². The van der Waals surface area contributed by atoms with Crippen LogP contribution in [0.5, 0.6) is 0 Å². The van der Waals surface area contributed by atoms with Crippen LogP contribution < -0.4 is 10.6 Å². The number of hydrogen-bond donors (Lipinski definition) is 3. The third-order valence-electron chi connectivity index (χ3n) is 4.10. The molecule has 2 aromatic rings. The maximum Gasteiger partial charge on any atom is 0.322 e. The van der Waals surface area contributed by atoms with Crippen molar-refractivity contribution in [2.24, 2.45) is 0 Å². The van der Waals surface area contributed by atoms with E-state index >= 15 is 0 Å². The van der Waals surface area contributed by atoms with Crippen LogP contribution in [0, 0.1) is 5.82 Å². The summed E-state index contributed by atoms with van der Waals surface area (Å²) in [6.45, 7) is 0.824. The molecule has 0 aliphatic carbocycles. The molecule has 0 spiro atoms. The van der Waals surface area contributed by atoms with Gasteiger partial charge in [0, 0.05) is 10.6 Å². The van der Waals surface area contributed by atoms with Gasteiger partial charge in [-0.2, -0.15) is 0 Å². The molecule has 1 aromatic carbocycles. The Labute approximate surface area is 148 Å². The molecule has 2 heterocycles. The Balaban J connectivity index is 1.82. The van der Waals surface area contributed by atoms with E-state index in [1.807, 2.05) is 17.5 Å². The molecule has 25 heavy (non-hydrogen) atoms. The first kappa shape index (κ1) is 17.4. The average Bonchev–Trinajstić information content (AvgIpc) is 3.24.